The Morgan fingerprint density at radius 2 is 2.12 bits per heavy atom. The van der Waals surface area contributed by atoms with Crippen LogP contribution < -0.4 is 15.8 Å². The number of likely N-dealkylation sites (tertiary alicyclic amines) is 1. The van der Waals surface area contributed by atoms with Crippen LogP contribution in [-0.4, -0.2) is 53.3 Å². The van der Waals surface area contributed by atoms with Crippen molar-refractivity contribution in [1.29, 1.82) is 0 Å². The fourth-order valence-corrected chi connectivity index (χ4v) is 4.20. The molecule has 2 aromatic rings. The highest BCUT2D eigenvalue weighted by Gasteiger charge is 2.24. The Balaban J connectivity index is 1.70. The van der Waals surface area contributed by atoms with Gasteiger partial charge in [0.25, 0.3) is 0 Å². The van der Waals surface area contributed by atoms with E-state index in [1.807, 2.05) is 6.07 Å². The first-order valence-corrected chi connectivity index (χ1v) is 9.62. The Morgan fingerprint density at radius 1 is 1.27 bits per heavy atom. The van der Waals surface area contributed by atoms with Gasteiger partial charge in [0.1, 0.15) is 11.3 Å². The van der Waals surface area contributed by atoms with Crippen LogP contribution in [0.15, 0.2) is 18.2 Å². The van der Waals surface area contributed by atoms with Crippen molar-refractivity contribution in [2.45, 2.75) is 38.1 Å². The molecule has 1 atom stereocenters. The number of rotatable bonds is 5. The van der Waals surface area contributed by atoms with E-state index in [1.54, 1.807) is 6.07 Å². The number of hydrogen-bond acceptors (Lipinski definition) is 5. The molecule has 26 heavy (non-hydrogen) atoms. The van der Waals surface area contributed by atoms with Gasteiger partial charge in [-0.15, -0.1) is 0 Å². The maximum Gasteiger partial charge on any atom is 0.410 e. The number of aromatic nitrogens is 2. The van der Waals surface area contributed by atoms with Gasteiger partial charge in [0.2, 0.25) is 0 Å². The molecule has 1 aromatic heterocycles. The third-order valence-corrected chi connectivity index (χ3v) is 5.48. The van der Waals surface area contributed by atoms with Crippen LogP contribution in [0.3, 0.4) is 0 Å². The normalized spacial score (nSPS) is 21.3. The Morgan fingerprint density at radius 3 is 2.85 bits per heavy atom. The van der Waals surface area contributed by atoms with Gasteiger partial charge in [0.05, 0.1) is 5.52 Å². The van der Waals surface area contributed by atoms with Gasteiger partial charge in [-0.25, -0.2) is 9.78 Å². The molecular weight excluding hydrogens is 330 g/mol. The van der Waals surface area contributed by atoms with Crippen molar-refractivity contribution in [2.24, 2.45) is 5.73 Å². The summed E-state index contributed by atoms with van der Waals surface area (Å²) in [6.45, 7) is 6.31. The number of hydrogen-bond donors (Lipinski definition) is 2. The van der Waals surface area contributed by atoms with E-state index in [1.165, 1.54) is 25.9 Å². The number of carbonyl (C=O) groups excluding carboxylic acids is 1. The molecule has 3 N–H and O–H groups in total. The molecule has 0 aliphatic carbocycles. The zero-order valence-electron chi connectivity index (χ0n) is 15.1. The minimum atomic E-state index is -0.801. The molecule has 0 spiro atoms. The van der Waals surface area contributed by atoms with Gasteiger partial charge in [-0.05, 0) is 57.5 Å². The van der Waals surface area contributed by atoms with Crippen LogP contribution in [0, 0.1) is 0 Å². The number of nitrogens with two attached hydrogens (primary N) is 1. The first-order chi connectivity index (χ1) is 12.7. The molecule has 140 valence electrons. The number of fused-ring (bicyclic) bond motifs is 1. The summed E-state index contributed by atoms with van der Waals surface area (Å²) < 4.78 is 7.52. The number of nitrogens with zero attached hydrogens (tertiary/aromatic N) is 3. The van der Waals surface area contributed by atoms with Crippen LogP contribution in [0.25, 0.3) is 11.0 Å². The summed E-state index contributed by atoms with van der Waals surface area (Å²) in [6.07, 6.45) is 4.07. The third-order valence-electron chi connectivity index (χ3n) is 5.48. The highest BCUT2D eigenvalue weighted by Crippen LogP contribution is 2.31. The number of imidazole rings is 1. The summed E-state index contributed by atoms with van der Waals surface area (Å²) >= 11 is 0. The molecule has 0 saturated carbocycles. The Labute approximate surface area is 153 Å². The summed E-state index contributed by atoms with van der Waals surface area (Å²) in [5, 5.41) is 3.48. The number of amides is 1. The fourth-order valence-electron chi connectivity index (χ4n) is 4.20. The summed E-state index contributed by atoms with van der Waals surface area (Å²) in [5.41, 5.74) is 6.98. The summed E-state index contributed by atoms with van der Waals surface area (Å²) in [7, 11) is 0. The smallest absolute Gasteiger partial charge is 0.408 e. The molecule has 4 rings (SSSR count). The van der Waals surface area contributed by atoms with E-state index in [0.717, 1.165) is 55.9 Å². The van der Waals surface area contributed by atoms with Crippen molar-refractivity contribution in [3.8, 4) is 5.75 Å². The lowest BCUT2D eigenvalue weighted by molar-refractivity contribution is 0.211. The van der Waals surface area contributed by atoms with Crippen LogP contribution in [0.4, 0.5) is 4.79 Å². The second-order valence-corrected chi connectivity index (χ2v) is 7.26. The first-order valence-electron chi connectivity index (χ1n) is 9.62. The monoisotopic (exact) mass is 357 g/mol. The zero-order chi connectivity index (χ0) is 17.9. The molecule has 0 radical (unpaired) electrons. The quantitative estimate of drug-likeness (QED) is 0.855. The van der Waals surface area contributed by atoms with Gasteiger partial charge in [-0.2, -0.15) is 0 Å². The molecule has 7 heteroatoms. The molecule has 2 fully saturated rings. The zero-order valence-corrected chi connectivity index (χ0v) is 15.1. The lowest BCUT2D eigenvalue weighted by Crippen LogP contribution is -2.31. The van der Waals surface area contributed by atoms with Crippen LogP contribution in [0.1, 0.15) is 37.4 Å². The number of primary amides is 1. The molecular formula is C19H27N5O2. The minimum absolute atomic E-state index is 0.385. The van der Waals surface area contributed by atoms with Gasteiger partial charge in [0, 0.05) is 25.6 Å². The molecule has 7 nitrogen and oxygen atoms in total. The van der Waals surface area contributed by atoms with E-state index in [4.69, 9.17) is 15.5 Å². The van der Waals surface area contributed by atoms with Crippen molar-refractivity contribution in [2.75, 3.05) is 32.7 Å². The maximum atomic E-state index is 11.3. The van der Waals surface area contributed by atoms with Crippen molar-refractivity contribution in [1.82, 2.24) is 19.8 Å². The predicted octanol–water partition coefficient (Wildman–Crippen LogP) is 2.06. The number of benzene rings is 1. The molecule has 1 unspecified atom stereocenters. The second-order valence-electron chi connectivity index (χ2n) is 7.26. The molecule has 2 saturated heterocycles. The van der Waals surface area contributed by atoms with Crippen molar-refractivity contribution in [3.05, 3.63) is 24.0 Å². The Hall–Kier alpha value is -2.12. The third kappa shape index (κ3) is 3.54. The highest BCUT2D eigenvalue weighted by molar-refractivity contribution is 5.85. The van der Waals surface area contributed by atoms with Crippen LogP contribution >= 0.6 is 0 Å². The van der Waals surface area contributed by atoms with E-state index in [0.29, 0.717) is 11.7 Å². The van der Waals surface area contributed by atoms with Gasteiger partial charge in [-0.1, -0.05) is 6.07 Å². The van der Waals surface area contributed by atoms with E-state index in [-0.39, 0.29) is 0 Å². The van der Waals surface area contributed by atoms with E-state index >= 15 is 0 Å². The fraction of sp³-hybridized carbons (Fsp3) is 0.579. The van der Waals surface area contributed by atoms with Gasteiger partial charge in [-0.3, -0.25) is 0 Å². The summed E-state index contributed by atoms with van der Waals surface area (Å²) in [5.74, 6) is 1.92. The topological polar surface area (TPSA) is 85.4 Å². The summed E-state index contributed by atoms with van der Waals surface area (Å²) in [4.78, 5) is 18.7. The van der Waals surface area contributed by atoms with Crippen LogP contribution in [0.5, 0.6) is 5.75 Å². The lowest BCUT2D eigenvalue weighted by atomic mass is 9.99. The van der Waals surface area contributed by atoms with Crippen molar-refractivity contribution in [3.63, 3.8) is 0 Å². The highest BCUT2D eigenvalue weighted by atomic mass is 16.5. The van der Waals surface area contributed by atoms with E-state index in [9.17, 15) is 4.79 Å². The summed E-state index contributed by atoms with van der Waals surface area (Å²) in [6, 6.07) is 5.71. The van der Waals surface area contributed by atoms with E-state index < -0.39 is 6.09 Å². The Bertz CT molecular complexity index is 776. The molecule has 0 bridgehead atoms. The number of para-hydroxylation sites is 1. The number of carbonyl (C=O) groups is 1. The average Bonchev–Trinajstić information content (AvgIpc) is 3.28. The minimum Gasteiger partial charge on any atom is -0.408 e. The van der Waals surface area contributed by atoms with Gasteiger partial charge < -0.3 is 25.3 Å². The first kappa shape index (κ1) is 17.3. The van der Waals surface area contributed by atoms with Gasteiger partial charge in [0.15, 0.2) is 5.75 Å². The van der Waals surface area contributed by atoms with Crippen molar-refractivity contribution < 1.29 is 9.53 Å². The molecule has 1 aromatic carbocycles. The largest absolute Gasteiger partial charge is 0.410 e. The SMILES string of the molecule is NC(=O)Oc1cccc2c1nc(C1CCCNC1)n2CCN1CCCC1. The second kappa shape index (κ2) is 7.63. The van der Waals surface area contributed by atoms with Crippen LogP contribution in [0.2, 0.25) is 0 Å². The maximum absolute atomic E-state index is 11.3. The van der Waals surface area contributed by atoms with Gasteiger partial charge >= 0.3 is 6.09 Å². The van der Waals surface area contributed by atoms with E-state index in [2.05, 4.69) is 20.9 Å². The van der Waals surface area contributed by atoms with Crippen molar-refractivity contribution >= 4 is 17.1 Å². The average molecular weight is 357 g/mol. The number of nitrogens with one attached hydrogen (secondary N) is 1. The number of ether oxygens (including phenoxy) is 1. The lowest BCUT2D eigenvalue weighted by Gasteiger charge is -2.24. The van der Waals surface area contributed by atoms with Crippen LogP contribution in [-0.2, 0) is 6.54 Å². The standard InChI is InChI=1S/C19H27N5O2/c20-19(25)26-16-7-3-6-15-17(16)22-18(14-5-4-8-21-13-14)24(15)12-11-23-9-1-2-10-23/h3,6-7,14,21H,1-2,4-5,8-13H2,(H2,20,25). The Kier molecular flexibility index (Phi) is 5.08. The molecule has 2 aliphatic rings. The molecule has 2 aliphatic heterocycles. The predicted molar refractivity (Wildman–Crippen MR) is 100 cm³/mol. The molecule has 1 amide bonds. The molecule has 3 heterocycles. The number of piperidine rings is 1.